The lowest BCUT2D eigenvalue weighted by atomic mass is 10.2. The maximum atomic E-state index is 4.42. The van der Waals surface area contributed by atoms with Crippen LogP contribution in [-0.2, 0) is 6.54 Å². The molecule has 0 spiro atoms. The molecule has 0 unspecified atom stereocenters. The first kappa shape index (κ1) is 10.8. The molecule has 0 atom stereocenters. The van der Waals surface area contributed by atoms with Crippen molar-refractivity contribution in [3.8, 4) is 0 Å². The summed E-state index contributed by atoms with van der Waals surface area (Å²) in [6.45, 7) is 0.872. The SMILES string of the molecule is Ic1ccc2ncn(Cc3ccccc3)c2c1. The molecule has 0 aliphatic carbocycles. The molecule has 0 amide bonds. The van der Waals surface area contributed by atoms with Gasteiger partial charge in [0.25, 0.3) is 0 Å². The lowest BCUT2D eigenvalue weighted by molar-refractivity contribution is 0.824. The molecular weight excluding hydrogens is 323 g/mol. The minimum atomic E-state index is 0.872. The molecule has 0 fully saturated rings. The largest absolute Gasteiger partial charge is 0.326 e. The Labute approximate surface area is 113 Å². The van der Waals surface area contributed by atoms with Crippen LogP contribution in [0.1, 0.15) is 5.56 Å². The average molecular weight is 334 g/mol. The third kappa shape index (κ3) is 2.20. The van der Waals surface area contributed by atoms with E-state index in [0.717, 1.165) is 12.1 Å². The quantitative estimate of drug-likeness (QED) is 0.654. The highest BCUT2D eigenvalue weighted by Gasteiger charge is 2.03. The van der Waals surface area contributed by atoms with Crippen LogP contribution in [0, 0.1) is 3.57 Å². The highest BCUT2D eigenvalue weighted by Crippen LogP contribution is 2.17. The molecule has 3 rings (SSSR count). The summed E-state index contributed by atoms with van der Waals surface area (Å²) in [7, 11) is 0. The summed E-state index contributed by atoms with van der Waals surface area (Å²) < 4.78 is 3.43. The van der Waals surface area contributed by atoms with E-state index in [1.165, 1.54) is 14.7 Å². The van der Waals surface area contributed by atoms with E-state index < -0.39 is 0 Å². The molecule has 0 saturated carbocycles. The van der Waals surface area contributed by atoms with E-state index in [2.05, 4.69) is 74.6 Å². The van der Waals surface area contributed by atoms with Gasteiger partial charge in [0.2, 0.25) is 0 Å². The predicted molar refractivity (Wildman–Crippen MR) is 78.0 cm³/mol. The molecule has 0 radical (unpaired) electrons. The van der Waals surface area contributed by atoms with Crippen molar-refractivity contribution in [2.24, 2.45) is 0 Å². The fourth-order valence-corrected chi connectivity index (χ4v) is 2.41. The first-order chi connectivity index (χ1) is 8.33. The van der Waals surface area contributed by atoms with E-state index in [4.69, 9.17) is 0 Å². The zero-order valence-corrected chi connectivity index (χ0v) is 11.3. The summed E-state index contributed by atoms with van der Waals surface area (Å²) in [5.74, 6) is 0. The zero-order valence-electron chi connectivity index (χ0n) is 9.18. The van der Waals surface area contributed by atoms with Gasteiger partial charge < -0.3 is 4.57 Å². The lowest BCUT2D eigenvalue weighted by Gasteiger charge is -2.04. The number of imidazole rings is 1. The van der Waals surface area contributed by atoms with E-state index in [9.17, 15) is 0 Å². The van der Waals surface area contributed by atoms with Gasteiger partial charge in [0.1, 0.15) is 0 Å². The van der Waals surface area contributed by atoms with Crippen molar-refractivity contribution in [3.63, 3.8) is 0 Å². The number of rotatable bonds is 2. The van der Waals surface area contributed by atoms with Crippen LogP contribution in [0.3, 0.4) is 0 Å². The zero-order chi connectivity index (χ0) is 11.7. The first-order valence-corrected chi connectivity index (χ1v) is 6.55. The van der Waals surface area contributed by atoms with Crippen molar-refractivity contribution in [3.05, 3.63) is 64.0 Å². The Morgan fingerprint density at radius 2 is 1.88 bits per heavy atom. The normalized spacial score (nSPS) is 10.9. The van der Waals surface area contributed by atoms with Crippen LogP contribution >= 0.6 is 22.6 Å². The number of hydrogen-bond donors (Lipinski definition) is 0. The van der Waals surface area contributed by atoms with Crippen molar-refractivity contribution in [1.29, 1.82) is 0 Å². The van der Waals surface area contributed by atoms with Gasteiger partial charge in [-0.1, -0.05) is 30.3 Å². The van der Waals surface area contributed by atoms with E-state index in [1.807, 2.05) is 12.4 Å². The molecular formula is C14H11IN2. The molecule has 84 valence electrons. The Kier molecular flexibility index (Phi) is 2.84. The molecule has 0 N–H and O–H groups in total. The van der Waals surface area contributed by atoms with Crippen molar-refractivity contribution >= 4 is 33.6 Å². The molecule has 0 aliphatic heterocycles. The Morgan fingerprint density at radius 3 is 2.71 bits per heavy atom. The highest BCUT2D eigenvalue weighted by molar-refractivity contribution is 14.1. The topological polar surface area (TPSA) is 17.8 Å². The van der Waals surface area contributed by atoms with Gasteiger partial charge in [0, 0.05) is 10.1 Å². The molecule has 17 heavy (non-hydrogen) atoms. The minimum absolute atomic E-state index is 0.872. The van der Waals surface area contributed by atoms with Crippen LogP contribution in [-0.4, -0.2) is 9.55 Å². The van der Waals surface area contributed by atoms with Crippen molar-refractivity contribution in [2.75, 3.05) is 0 Å². The van der Waals surface area contributed by atoms with Gasteiger partial charge in [-0.2, -0.15) is 0 Å². The number of hydrogen-bond acceptors (Lipinski definition) is 1. The third-order valence-electron chi connectivity index (χ3n) is 2.78. The highest BCUT2D eigenvalue weighted by atomic mass is 127. The van der Waals surface area contributed by atoms with Crippen LogP contribution in [0.5, 0.6) is 0 Å². The summed E-state index contributed by atoms with van der Waals surface area (Å²) in [6.07, 6.45) is 1.91. The molecule has 0 bridgehead atoms. The minimum Gasteiger partial charge on any atom is -0.326 e. The molecule has 1 aromatic heterocycles. The fraction of sp³-hybridized carbons (Fsp3) is 0.0714. The second-order valence-electron chi connectivity index (χ2n) is 3.99. The Balaban J connectivity index is 2.03. The van der Waals surface area contributed by atoms with Gasteiger partial charge in [-0.25, -0.2) is 4.98 Å². The second-order valence-corrected chi connectivity index (χ2v) is 5.24. The molecule has 3 aromatic rings. The number of benzene rings is 2. The molecule has 0 aliphatic rings. The van der Waals surface area contributed by atoms with E-state index in [0.29, 0.717) is 0 Å². The van der Waals surface area contributed by atoms with Crippen molar-refractivity contribution in [2.45, 2.75) is 6.54 Å². The molecule has 2 nitrogen and oxygen atoms in total. The van der Waals surface area contributed by atoms with Crippen molar-refractivity contribution < 1.29 is 0 Å². The lowest BCUT2D eigenvalue weighted by Crippen LogP contribution is -1.97. The van der Waals surface area contributed by atoms with Crippen LogP contribution in [0.2, 0.25) is 0 Å². The van der Waals surface area contributed by atoms with Crippen LogP contribution < -0.4 is 0 Å². The fourth-order valence-electron chi connectivity index (χ4n) is 1.94. The molecule has 2 aromatic carbocycles. The van der Waals surface area contributed by atoms with E-state index >= 15 is 0 Å². The van der Waals surface area contributed by atoms with Gasteiger partial charge in [0.05, 0.1) is 17.4 Å². The number of nitrogens with zero attached hydrogens (tertiary/aromatic N) is 2. The van der Waals surface area contributed by atoms with Crippen LogP contribution in [0.15, 0.2) is 54.9 Å². The standard InChI is InChI=1S/C14H11IN2/c15-12-6-7-13-14(8-12)17(10-16-13)9-11-4-2-1-3-5-11/h1-8,10H,9H2. The summed E-state index contributed by atoms with van der Waals surface area (Å²) in [4.78, 5) is 4.42. The third-order valence-corrected chi connectivity index (χ3v) is 3.45. The van der Waals surface area contributed by atoms with Gasteiger partial charge >= 0.3 is 0 Å². The van der Waals surface area contributed by atoms with Gasteiger partial charge in [-0.3, -0.25) is 0 Å². The summed E-state index contributed by atoms with van der Waals surface area (Å²) in [6, 6.07) is 16.8. The Morgan fingerprint density at radius 1 is 1.06 bits per heavy atom. The van der Waals surface area contributed by atoms with Gasteiger partial charge in [-0.05, 0) is 46.4 Å². The van der Waals surface area contributed by atoms with E-state index in [-0.39, 0.29) is 0 Å². The summed E-state index contributed by atoms with van der Waals surface area (Å²) in [5, 5.41) is 0. The van der Waals surface area contributed by atoms with Gasteiger partial charge in [-0.15, -0.1) is 0 Å². The number of aromatic nitrogens is 2. The van der Waals surface area contributed by atoms with E-state index in [1.54, 1.807) is 0 Å². The number of fused-ring (bicyclic) bond motifs is 1. The number of halogens is 1. The van der Waals surface area contributed by atoms with Crippen LogP contribution in [0.4, 0.5) is 0 Å². The Bertz CT molecular complexity index is 644. The summed E-state index contributed by atoms with van der Waals surface area (Å²) in [5.41, 5.74) is 3.55. The molecule has 3 heteroatoms. The Hall–Kier alpha value is -1.36. The first-order valence-electron chi connectivity index (χ1n) is 5.47. The molecule has 0 saturated heterocycles. The second kappa shape index (κ2) is 4.49. The molecule has 1 heterocycles. The maximum Gasteiger partial charge on any atom is 0.0961 e. The maximum absolute atomic E-state index is 4.42. The van der Waals surface area contributed by atoms with Gasteiger partial charge in [0.15, 0.2) is 0 Å². The van der Waals surface area contributed by atoms with Crippen molar-refractivity contribution in [1.82, 2.24) is 9.55 Å². The monoisotopic (exact) mass is 334 g/mol. The summed E-state index contributed by atoms with van der Waals surface area (Å²) >= 11 is 2.33. The van der Waals surface area contributed by atoms with Crippen LogP contribution in [0.25, 0.3) is 11.0 Å². The smallest absolute Gasteiger partial charge is 0.0961 e. The predicted octanol–water partition coefficient (Wildman–Crippen LogP) is 3.69. The average Bonchev–Trinajstić information content (AvgIpc) is 2.73.